The van der Waals surface area contributed by atoms with Gasteiger partial charge in [0.1, 0.15) is 11.6 Å². The van der Waals surface area contributed by atoms with E-state index in [9.17, 15) is 9.59 Å². The fourth-order valence-corrected chi connectivity index (χ4v) is 7.75. The summed E-state index contributed by atoms with van der Waals surface area (Å²) in [5.41, 5.74) is -2.30. The lowest BCUT2D eigenvalue weighted by Crippen LogP contribution is -2.61. The summed E-state index contributed by atoms with van der Waals surface area (Å²) in [4.78, 5) is 46.2. The smallest absolute Gasteiger partial charge is 0.331 e. The number of fused-ring (bicyclic) bond motifs is 3. The van der Waals surface area contributed by atoms with Crippen LogP contribution >= 0.6 is 11.6 Å². The van der Waals surface area contributed by atoms with Crippen molar-refractivity contribution in [2.24, 2.45) is 5.41 Å². The molecule has 45 heavy (non-hydrogen) atoms. The van der Waals surface area contributed by atoms with E-state index in [1.807, 2.05) is 18.2 Å². The summed E-state index contributed by atoms with van der Waals surface area (Å²) in [5, 5.41) is 2.88. The number of hydrogen-bond donors (Lipinski definition) is 1. The second-order valence-electron chi connectivity index (χ2n) is 11.8. The van der Waals surface area contributed by atoms with Gasteiger partial charge in [-0.25, -0.2) is 0 Å². The lowest BCUT2D eigenvalue weighted by Gasteiger charge is -2.40. The number of rotatable bonds is 5. The largest absolute Gasteiger partial charge is 0.404 e. The molecule has 2 saturated heterocycles. The lowest BCUT2D eigenvalue weighted by atomic mass is 9.59. The minimum absolute atomic E-state index is 0.00817. The molecule has 4 atom stereocenters. The van der Waals surface area contributed by atoms with E-state index in [2.05, 4.69) is 5.32 Å². The molecular weight excluding hydrogens is 603 g/mol. The highest BCUT2D eigenvalue weighted by Crippen LogP contribution is 2.65. The highest BCUT2D eigenvalue weighted by atomic mass is 35.5. The Bertz CT molecular complexity index is 1800. The predicted molar refractivity (Wildman–Crippen MR) is 162 cm³/mol. The zero-order chi connectivity index (χ0) is 31.6. The first-order valence-corrected chi connectivity index (χ1v) is 14.9. The van der Waals surface area contributed by atoms with E-state index in [1.54, 1.807) is 72.8 Å². The van der Waals surface area contributed by atoms with Crippen LogP contribution in [0.15, 0.2) is 109 Å². The third kappa shape index (κ3) is 4.32. The van der Waals surface area contributed by atoms with Crippen LogP contribution in [0.2, 0.25) is 5.02 Å². The number of Topliss-reactive ketones (excluding diaryl/α,β-unsaturated/α-hetero) is 1. The summed E-state index contributed by atoms with van der Waals surface area (Å²) >= 11 is 6.47. The van der Waals surface area contributed by atoms with E-state index in [0.29, 0.717) is 11.3 Å². The Labute approximate surface area is 262 Å². The second-order valence-corrected chi connectivity index (χ2v) is 12.2. The molecule has 3 aliphatic rings. The van der Waals surface area contributed by atoms with Crippen molar-refractivity contribution in [2.45, 2.75) is 36.8 Å². The Hall–Kier alpha value is -4.47. The summed E-state index contributed by atoms with van der Waals surface area (Å²) in [6, 6.07) is 28.1. The van der Waals surface area contributed by atoms with E-state index in [-0.39, 0.29) is 29.2 Å². The van der Waals surface area contributed by atoms with Crippen LogP contribution in [0.5, 0.6) is 0 Å². The minimum atomic E-state index is -4.89. The second kappa shape index (κ2) is 10.6. The van der Waals surface area contributed by atoms with E-state index in [0.717, 1.165) is 5.56 Å². The summed E-state index contributed by atoms with van der Waals surface area (Å²) in [7, 11) is 0. The van der Waals surface area contributed by atoms with Crippen LogP contribution in [0.1, 0.15) is 28.2 Å². The Kier molecular flexibility index (Phi) is 6.87. The summed E-state index contributed by atoms with van der Waals surface area (Å²) < 4.78 is 45.7. The molecule has 3 aliphatic heterocycles. The third-order valence-corrected chi connectivity index (χ3v) is 9.60. The van der Waals surface area contributed by atoms with Gasteiger partial charge in [0.25, 0.3) is 11.8 Å². The molecule has 1 N–H and O–H groups in total. The molecule has 228 valence electrons. The first-order valence-electron chi connectivity index (χ1n) is 14.5. The fourth-order valence-electron chi connectivity index (χ4n) is 7.57. The standard InChI is InChI=1S/C35H27ClF3N3O3/c36-25-16-17-27-26(18-25)34(32(45)42(27)20-23-12-6-2-7-13-23)33(21-41(31(44)30(33)43)19-22-10-4-1-5-11-22)28(24-14-8-3-9-15-24)29(40-34)35(37,38)39/h1-18,28-29,40H,19-21H2/t28-,29+,33-,34-/m1/s1. The number of amides is 2. The molecule has 0 unspecified atom stereocenters. The minimum Gasteiger partial charge on any atom is -0.331 e. The van der Waals surface area contributed by atoms with Crippen molar-refractivity contribution in [3.8, 4) is 0 Å². The van der Waals surface area contributed by atoms with Crippen molar-refractivity contribution in [1.82, 2.24) is 10.2 Å². The van der Waals surface area contributed by atoms with Gasteiger partial charge in [0, 0.05) is 35.3 Å². The molecule has 0 bridgehead atoms. The van der Waals surface area contributed by atoms with Crippen molar-refractivity contribution >= 4 is 34.9 Å². The molecule has 0 aliphatic carbocycles. The predicted octanol–water partition coefficient (Wildman–Crippen LogP) is 6.00. The van der Waals surface area contributed by atoms with E-state index < -0.39 is 53.2 Å². The Morgan fingerprint density at radius 1 is 0.800 bits per heavy atom. The van der Waals surface area contributed by atoms with Crippen molar-refractivity contribution in [1.29, 1.82) is 0 Å². The van der Waals surface area contributed by atoms with E-state index in [1.165, 1.54) is 28.0 Å². The SMILES string of the molecule is O=C1C(=O)[C@@]2(CN1Cc1ccccc1)[C@H](c1ccccc1)[C@@H](C(F)(F)F)N[C@]21C(=O)N(Cc2ccccc2)c2ccc(Cl)cc21. The van der Waals surface area contributed by atoms with Crippen LogP contribution in [0.25, 0.3) is 0 Å². The van der Waals surface area contributed by atoms with E-state index >= 15 is 18.0 Å². The van der Waals surface area contributed by atoms with Gasteiger partial charge in [-0.05, 0) is 34.9 Å². The van der Waals surface area contributed by atoms with Gasteiger partial charge in [-0.3, -0.25) is 19.7 Å². The number of hydrogen-bond acceptors (Lipinski definition) is 4. The normalized spacial score (nSPS) is 26.0. The van der Waals surface area contributed by atoms with Gasteiger partial charge in [0.15, 0.2) is 0 Å². The van der Waals surface area contributed by atoms with Gasteiger partial charge in [0.2, 0.25) is 5.78 Å². The Morgan fingerprint density at radius 3 is 1.98 bits per heavy atom. The molecular formula is C35H27ClF3N3O3. The maximum Gasteiger partial charge on any atom is 0.404 e. The number of carbonyl (C=O) groups is 3. The van der Waals surface area contributed by atoms with Crippen LogP contribution in [0.3, 0.4) is 0 Å². The fraction of sp³-hybridized carbons (Fsp3) is 0.229. The number of nitrogens with zero attached hydrogens (tertiary/aromatic N) is 2. The Balaban J connectivity index is 1.49. The van der Waals surface area contributed by atoms with Gasteiger partial charge in [0.05, 0.1) is 12.0 Å². The molecule has 7 rings (SSSR count). The molecule has 2 amide bonds. The number of ketones is 1. The monoisotopic (exact) mass is 629 g/mol. The van der Waals surface area contributed by atoms with E-state index in [4.69, 9.17) is 11.6 Å². The van der Waals surface area contributed by atoms with Crippen molar-refractivity contribution in [3.05, 3.63) is 136 Å². The lowest BCUT2D eigenvalue weighted by molar-refractivity contribution is -0.159. The van der Waals surface area contributed by atoms with Gasteiger partial charge in [-0.2, -0.15) is 13.2 Å². The molecule has 10 heteroatoms. The van der Waals surface area contributed by atoms with Crippen LogP contribution in [0.4, 0.5) is 18.9 Å². The van der Waals surface area contributed by atoms with Crippen LogP contribution in [-0.4, -0.2) is 41.3 Å². The van der Waals surface area contributed by atoms with Crippen LogP contribution in [0, 0.1) is 5.41 Å². The van der Waals surface area contributed by atoms with Gasteiger partial charge >= 0.3 is 6.18 Å². The number of likely N-dealkylation sites (tertiary alicyclic amines) is 1. The van der Waals surface area contributed by atoms with Gasteiger partial charge < -0.3 is 9.80 Å². The third-order valence-electron chi connectivity index (χ3n) is 9.36. The number of benzene rings is 4. The van der Waals surface area contributed by atoms with Crippen molar-refractivity contribution in [3.63, 3.8) is 0 Å². The molecule has 3 heterocycles. The first kappa shape index (κ1) is 29.3. The molecule has 0 radical (unpaired) electrons. The van der Waals surface area contributed by atoms with Gasteiger partial charge in [-0.1, -0.05) is 103 Å². The summed E-state index contributed by atoms with van der Waals surface area (Å²) in [5.74, 6) is -4.31. The quantitative estimate of drug-likeness (QED) is 0.275. The first-order chi connectivity index (χ1) is 21.6. The van der Waals surface area contributed by atoms with Crippen LogP contribution < -0.4 is 10.2 Å². The summed E-state index contributed by atoms with van der Waals surface area (Å²) in [6.07, 6.45) is -4.89. The number of carbonyl (C=O) groups excluding carboxylic acids is 3. The zero-order valence-electron chi connectivity index (χ0n) is 23.8. The molecule has 2 fully saturated rings. The van der Waals surface area contributed by atoms with Crippen molar-refractivity contribution < 1.29 is 27.6 Å². The number of alkyl halides is 3. The average Bonchev–Trinajstić information content (AvgIpc) is 3.57. The maximum absolute atomic E-state index is 15.2. The highest BCUT2D eigenvalue weighted by Gasteiger charge is 2.81. The molecule has 0 saturated carbocycles. The van der Waals surface area contributed by atoms with Crippen molar-refractivity contribution in [2.75, 3.05) is 11.4 Å². The topological polar surface area (TPSA) is 69.7 Å². The zero-order valence-corrected chi connectivity index (χ0v) is 24.6. The number of nitrogens with one attached hydrogen (secondary N) is 1. The van der Waals surface area contributed by atoms with Crippen LogP contribution in [-0.2, 0) is 33.0 Å². The number of halogens is 4. The Morgan fingerprint density at radius 2 is 1.38 bits per heavy atom. The average molecular weight is 630 g/mol. The molecule has 6 nitrogen and oxygen atoms in total. The summed E-state index contributed by atoms with van der Waals surface area (Å²) in [6.45, 7) is -0.377. The molecule has 0 aromatic heterocycles. The highest BCUT2D eigenvalue weighted by molar-refractivity contribution is 6.42. The molecule has 4 aromatic carbocycles. The molecule has 4 aromatic rings. The number of anilines is 1. The van der Waals surface area contributed by atoms with Gasteiger partial charge in [-0.15, -0.1) is 0 Å². The molecule has 2 spiro atoms. The maximum atomic E-state index is 15.2.